The lowest BCUT2D eigenvalue weighted by Crippen LogP contribution is -2.62. The standard InChI is InChI=1S/C43H78N2O/c1-19-20-21-43(16,24-30-22-34(37(2,3)4)36(46)35(23-30)38(5,6)7)29-33(31-25-39(8,9)44(17)40(10,11)26-31)32-27-41(12,13)45(18)42(14,15)28-32/h22-23,31-33,46H,19-21,24-29H2,1-18H3. The van der Waals surface area contributed by atoms with Gasteiger partial charge in [-0.15, -0.1) is 0 Å². The van der Waals surface area contributed by atoms with E-state index in [1.54, 1.807) is 0 Å². The monoisotopic (exact) mass is 639 g/mol. The molecule has 46 heavy (non-hydrogen) atoms. The van der Waals surface area contributed by atoms with Crippen LogP contribution in [0.5, 0.6) is 5.75 Å². The smallest absolute Gasteiger partial charge is 0.123 e. The molecule has 1 aromatic carbocycles. The molecular formula is C43H78N2O. The Hall–Kier alpha value is -1.06. The van der Waals surface area contributed by atoms with Crippen LogP contribution in [-0.2, 0) is 17.3 Å². The van der Waals surface area contributed by atoms with E-state index in [1.165, 1.54) is 56.9 Å². The van der Waals surface area contributed by atoms with Crippen molar-refractivity contribution in [3.63, 3.8) is 0 Å². The number of hydrogen-bond acceptors (Lipinski definition) is 3. The van der Waals surface area contributed by atoms with Crippen molar-refractivity contribution < 1.29 is 5.11 Å². The van der Waals surface area contributed by atoms with Gasteiger partial charge in [0.1, 0.15) is 5.75 Å². The molecule has 3 rings (SSSR count). The van der Waals surface area contributed by atoms with Crippen molar-refractivity contribution in [1.29, 1.82) is 0 Å². The fraction of sp³-hybridized carbons (Fsp3) is 0.860. The van der Waals surface area contributed by atoms with Gasteiger partial charge in [-0.1, -0.05) is 80.4 Å². The summed E-state index contributed by atoms with van der Waals surface area (Å²) < 4.78 is 0. The molecule has 2 saturated heterocycles. The minimum absolute atomic E-state index is 0.112. The second-order valence-electron chi connectivity index (χ2n) is 21.2. The van der Waals surface area contributed by atoms with Crippen molar-refractivity contribution >= 4 is 0 Å². The Morgan fingerprint density at radius 2 is 1.04 bits per heavy atom. The highest BCUT2D eigenvalue weighted by Crippen LogP contribution is 2.54. The Labute approximate surface area is 287 Å². The molecule has 0 bridgehead atoms. The summed E-state index contributed by atoms with van der Waals surface area (Å²) >= 11 is 0. The first-order chi connectivity index (χ1) is 20.6. The lowest BCUT2D eigenvalue weighted by molar-refractivity contribution is -0.0910. The van der Waals surface area contributed by atoms with E-state index in [9.17, 15) is 5.11 Å². The van der Waals surface area contributed by atoms with Gasteiger partial charge in [0.05, 0.1) is 0 Å². The van der Waals surface area contributed by atoms with E-state index in [4.69, 9.17) is 0 Å². The van der Waals surface area contributed by atoms with Gasteiger partial charge in [-0.2, -0.15) is 0 Å². The molecule has 1 atom stereocenters. The van der Waals surface area contributed by atoms with Crippen molar-refractivity contribution in [3.8, 4) is 5.75 Å². The zero-order valence-corrected chi connectivity index (χ0v) is 34.1. The number of aromatic hydroxyl groups is 1. The number of nitrogens with zero attached hydrogens (tertiary/aromatic N) is 2. The summed E-state index contributed by atoms with van der Waals surface area (Å²) in [7, 11) is 4.73. The Kier molecular flexibility index (Phi) is 11.1. The van der Waals surface area contributed by atoms with Crippen LogP contribution >= 0.6 is 0 Å². The number of phenols is 1. The van der Waals surface area contributed by atoms with Gasteiger partial charge in [-0.05, 0) is 165 Å². The quantitative estimate of drug-likeness (QED) is 0.291. The summed E-state index contributed by atoms with van der Waals surface area (Å²) in [6, 6.07) is 4.74. The average Bonchev–Trinajstić information content (AvgIpc) is 2.86. The van der Waals surface area contributed by atoms with Gasteiger partial charge < -0.3 is 5.11 Å². The third kappa shape index (κ3) is 8.56. The minimum Gasteiger partial charge on any atom is -0.507 e. The number of likely N-dealkylation sites (tertiary alicyclic amines) is 2. The summed E-state index contributed by atoms with van der Waals surface area (Å²) in [6.07, 6.45) is 11.2. The van der Waals surface area contributed by atoms with Crippen LogP contribution in [0, 0.1) is 23.2 Å². The first-order valence-corrected chi connectivity index (χ1v) is 18.9. The summed E-state index contributed by atoms with van der Waals surface area (Å²) in [5.41, 5.74) is 4.31. The second-order valence-corrected chi connectivity index (χ2v) is 21.2. The molecule has 3 nitrogen and oxygen atoms in total. The van der Waals surface area contributed by atoms with Crippen LogP contribution < -0.4 is 0 Å². The SMILES string of the molecule is CCCCC(C)(Cc1cc(C(C)(C)C)c(O)c(C(C)(C)C)c1)CC(C1CC(C)(C)N(C)C(C)(C)C1)C1CC(C)(C)N(C)C(C)(C)C1. The maximum absolute atomic E-state index is 11.5. The van der Waals surface area contributed by atoms with E-state index in [0.29, 0.717) is 23.5 Å². The van der Waals surface area contributed by atoms with Gasteiger partial charge in [0.15, 0.2) is 0 Å². The summed E-state index contributed by atoms with van der Waals surface area (Å²) in [4.78, 5) is 5.34. The molecule has 1 aromatic rings. The van der Waals surface area contributed by atoms with E-state index >= 15 is 0 Å². The molecule has 1 N–H and O–H groups in total. The zero-order chi connectivity index (χ0) is 35.5. The minimum atomic E-state index is -0.112. The highest BCUT2D eigenvalue weighted by atomic mass is 16.3. The van der Waals surface area contributed by atoms with Gasteiger partial charge in [-0.25, -0.2) is 0 Å². The van der Waals surface area contributed by atoms with Crippen LogP contribution in [0.15, 0.2) is 12.1 Å². The molecular weight excluding hydrogens is 560 g/mol. The molecule has 0 radical (unpaired) electrons. The van der Waals surface area contributed by atoms with Crippen LogP contribution in [0.1, 0.15) is 179 Å². The molecule has 0 saturated carbocycles. The van der Waals surface area contributed by atoms with Gasteiger partial charge in [0.25, 0.3) is 0 Å². The number of benzene rings is 1. The van der Waals surface area contributed by atoms with Crippen molar-refractivity contribution in [2.45, 2.75) is 202 Å². The Morgan fingerprint density at radius 3 is 1.35 bits per heavy atom. The topological polar surface area (TPSA) is 26.7 Å². The average molecular weight is 639 g/mol. The van der Waals surface area contributed by atoms with Gasteiger partial charge >= 0.3 is 0 Å². The second kappa shape index (κ2) is 13.0. The number of piperidine rings is 2. The molecule has 0 amide bonds. The molecule has 2 heterocycles. The number of unbranched alkanes of at least 4 members (excludes halogenated alkanes) is 1. The zero-order valence-electron chi connectivity index (χ0n) is 34.1. The lowest BCUT2D eigenvalue weighted by atomic mass is 9.57. The summed E-state index contributed by atoms with van der Waals surface area (Å²) in [6.45, 7) is 38.4. The van der Waals surface area contributed by atoms with Gasteiger partial charge in [-0.3, -0.25) is 9.80 Å². The van der Waals surface area contributed by atoms with Gasteiger partial charge in [0, 0.05) is 22.2 Å². The maximum atomic E-state index is 11.5. The van der Waals surface area contributed by atoms with E-state index < -0.39 is 0 Å². The predicted octanol–water partition coefficient (Wildman–Crippen LogP) is 11.5. The molecule has 2 aliphatic rings. The molecule has 266 valence electrons. The predicted molar refractivity (Wildman–Crippen MR) is 202 cm³/mol. The fourth-order valence-electron chi connectivity index (χ4n) is 10.1. The highest BCUT2D eigenvalue weighted by Gasteiger charge is 2.51. The Balaban J connectivity index is 2.17. The van der Waals surface area contributed by atoms with Crippen LogP contribution in [0.2, 0.25) is 0 Å². The molecule has 0 spiro atoms. The first-order valence-electron chi connectivity index (χ1n) is 18.9. The largest absolute Gasteiger partial charge is 0.507 e. The van der Waals surface area contributed by atoms with E-state index in [0.717, 1.165) is 17.5 Å². The van der Waals surface area contributed by atoms with Crippen molar-refractivity contribution in [2.75, 3.05) is 14.1 Å². The first kappa shape index (κ1) is 39.4. The van der Waals surface area contributed by atoms with Crippen molar-refractivity contribution in [1.82, 2.24) is 9.80 Å². The van der Waals surface area contributed by atoms with E-state index in [1.807, 2.05) is 0 Å². The van der Waals surface area contributed by atoms with Crippen molar-refractivity contribution in [2.24, 2.45) is 23.2 Å². The molecule has 2 fully saturated rings. The normalized spacial score (nSPS) is 24.3. The number of hydrogen-bond donors (Lipinski definition) is 1. The number of phenolic OH excluding ortho intramolecular Hbond substituents is 1. The van der Waals surface area contributed by atoms with Crippen LogP contribution in [0.25, 0.3) is 0 Å². The third-order valence-electron chi connectivity index (χ3n) is 13.2. The fourth-order valence-corrected chi connectivity index (χ4v) is 10.1. The summed E-state index contributed by atoms with van der Waals surface area (Å²) in [5.74, 6) is 2.60. The van der Waals surface area contributed by atoms with Crippen LogP contribution in [0.3, 0.4) is 0 Å². The maximum Gasteiger partial charge on any atom is 0.123 e. The van der Waals surface area contributed by atoms with E-state index in [-0.39, 0.29) is 38.4 Å². The van der Waals surface area contributed by atoms with Crippen LogP contribution in [0.4, 0.5) is 0 Å². The molecule has 1 unspecified atom stereocenters. The molecule has 0 aromatic heterocycles. The highest BCUT2D eigenvalue weighted by molar-refractivity contribution is 5.50. The lowest BCUT2D eigenvalue weighted by Gasteiger charge is -2.60. The molecule has 0 aliphatic carbocycles. The van der Waals surface area contributed by atoms with Gasteiger partial charge in [0.2, 0.25) is 0 Å². The van der Waals surface area contributed by atoms with E-state index in [2.05, 4.69) is 147 Å². The summed E-state index contributed by atoms with van der Waals surface area (Å²) in [5, 5.41) is 11.5. The van der Waals surface area contributed by atoms with Crippen LogP contribution in [-0.4, -0.2) is 51.2 Å². The Bertz CT molecular complexity index is 1080. The molecule has 2 aliphatic heterocycles. The Morgan fingerprint density at radius 1 is 0.696 bits per heavy atom. The third-order valence-corrected chi connectivity index (χ3v) is 13.2. The molecule has 3 heteroatoms. The number of rotatable bonds is 9. The van der Waals surface area contributed by atoms with Crippen molar-refractivity contribution in [3.05, 3.63) is 28.8 Å².